The molecule has 1 aromatic heterocycles. The Morgan fingerprint density at radius 1 is 1.21 bits per heavy atom. The van der Waals surface area contributed by atoms with Crippen LogP contribution in [0.25, 0.3) is 0 Å². The first-order chi connectivity index (χ1) is 15.8. The smallest absolute Gasteiger partial charge is 0.276 e. The SMILES string of the molecule is O=C(NCc1ccc(F)cc1F)c1cn2c(c(O)c1=O)C(=O)N1[C@@H](C2)OC[C@@H]2CCCC[C@@H]21. The number of carbonyl (C=O) groups excluding carboxylic acids is 2. The average Bonchev–Trinajstić information content (AvgIpc) is 2.80. The lowest BCUT2D eigenvalue weighted by Crippen LogP contribution is -2.61. The third kappa shape index (κ3) is 3.68. The molecule has 3 aliphatic rings. The van der Waals surface area contributed by atoms with E-state index in [-0.39, 0.29) is 41.9 Å². The monoisotopic (exact) mass is 459 g/mol. The average molecular weight is 459 g/mol. The molecule has 3 heterocycles. The number of ether oxygens (including phenoxy) is 1. The summed E-state index contributed by atoms with van der Waals surface area (Å²) in [5, 5.41) is 13.0. The second-order valence-corrected chi connectivity index (χ2v) is 8.75. The van der Waals surface area contributed by atoms with Gasteiger partial charge in [0.15, 0.2) is 17.7 Å². The number of pyridine rings is 1. The topological polar surface area (TPSA) is 101 Å². The number of aromatic hydroxyl groups is 1. The molecule has 0 radical (unpaired) electrons. The van der Waals surface area contributed by atoms with Crippen molar-refractivity contribution in [3.63, 3.8) is 0 Å². The molecule has 33 heavy (non-hydrogen) atoms. The van der Waals surface area contributed by atoms with Crippen molar-refractivity contribution in [1.29, 1.82) is 0 Å². The van der Waals surface area contributed by atoms with Gasteiger partial charge in [-0.2, -0.15) is 0 Å². The summed E-state index contributed by atoms with van der Waals surface area (Å²) >= 11 is 0. The van der Waals surface area contributed by atoms with Gasteiger partial charge in [0.1, 0.15) is 17.2 Å². The molecule has 3 atom stereocenters. The quantitative estimate of drug-likeness (QED) is 0.733. The molecule has 0 spiro atoms. The highest BCUT2D eigenvalue weighted by molar-refractivity contribution is 5.99. The van der Waals surface area contributed by atoms with Gasteiger partial charge >= 0.3 is 0 Å². The van der Waals surface area contributed by atoms with Gasteiger partial charge in [-0.05, 0) is 18.9 Å². The third-order valence-electron chi connectivity index (χ3n) is 6.78. The zero-order valence-electron chi connectivity index (χ0n) is 17.7. The van der Waals surface area contributed by atoms with Crippen LogP contribution in [0.2, 0.25) is 0 Å². The maximum Gasteiger partial charge on any atom is 0.276 e. The molecule has 2 N–H and O–H groups in total. The molecule has 1 aliphatic carbocycles. The zero-order chi connectivity index (χ0) is 23.3. The number of fused-ring (bicyclic) bond motifs is 4. The van der Waals surface area contributed by atoms with E-state index in [0.29, 0.717) is 12.7 Å². The van der Waals surface area contributed by atoms with Crippen LogP contribution >= 0.6 is 0 Å². The summed E-state index contributed by atoms with van der Waals surface area (Å²) in [5.41, 5.74) is -1.49. The summed E-state index contributed by atoms with van der Waals surface area (Å²) in [6, 6.07) is 2.94. The maximum atomic E-state index is 13.8. The molecule has 2 amide bonds. The highest BCUT2D eigenvalue weighted by Crippen LogP contribution is 2.38. The van der Waals surface area contributed by atoms with Crippen LogP contribution in [0.15, 0.2) is 29.2 Å². The molecule has 0 unspecified atom stereocenters. The Morgan fingerprint density at radius 2 is 2.00 bits per heavy atom. The van der Waals surface area contributed by atoms with Crippen LogP contribution in [0.3, 0.4) is 0 Å². The first-order valence-corrected chi connectivity index (χ1v) is 11.0. The standard InChI is InChI=1S/C23H23F2N3O5/c24-14-6-5-12(16(25)7-14)8-26-22(31)15-9-27-10-18-28(23(32)19(27)21(30)20(15)29)17-4-2-1-3-13(17)11-33-18/h5-7,9,13,17-18,30H,1-4,8,10-11H2,(H,26,31)/t13-,17-,18+/m0/s1. The number of halogens is 2. The van der Waals surface area contributed by atoms with Crippen LogP contribution in [0.4, 0.5) is 8.78 Å². The van der Waals surface area contributed by atoms with Crippen LogP contribution in [0, 0.1) is 17.6 Å². The van der Waals surface area contributed by atoms with Crippen molar-refractivity contribution in [2.24, 2.45) is 5.92 Å². The molecule has 2 fully saturated rings. The number of nitrogens with one attached hydrogen (secondary N) is 1. The van der Waals surface area contributed by atoms with Gasteiger partial charge in [0.25, 0.3) is 11.8 Å². The first kappa shape index (κ1) is 21.6. The number of benzene rings is 1. The minimum atomic E-state index is -0.983. The number of carbonyl (C=O) groups is 2. The van der Waals surface area contributed by atoms with E-state index in [0.717, 1.165) is 31.7 Å². The molecule has 10 heteroatoms. The number of hydrogen-bond acceptors (Lipinski definition) is 5. The van der Waals surface area contributed by atoms with E-state index < -0.39 is 40.9 Å². The lowest BCUT2D eigenvalue weighted by atomic mass is 9.82. The van der Waals surface area contributed by atoms with Crippen molar-refractivity contribution in [2.45, 2.75) is 51.0 Å². The summed E-state index contributed by atoms with van der Waals surface area (Å²) in [6.45, 7) is 0.427. The van der Waals surface area contributed by atoms with Gasteiger partial charge in [0.05, 0.1) is 13.2 Å². The van der Waals surface area contributed by atoms with E-state index in [2.05, 4.69) is 5.32 Å². The molecule has 1 saturated carbocycles. The molecular formula is C23H23F2N3O5. The highest BCUT2D eigenvalue weighted by Gasteiger charge is 2.46. The lowest BCUT2D eigenvalue weighted by Gasteiger charge is -2.50. The Labute approximate surface area is 187 Å². The van der Waals surface area contributed by atoms with Crippen LogP contribution in [0.5, 0.6) is 5.75 Å². The molecule has 0 bridgehead atoms. The molecule has 8 nitrogen and oxygen atoms in total. The summed E-state index contributed by atoms with van der Waals surface area (Å²) in [5.74, 6) is -3.47. The van der Waals surface area contributed by atoms with Gasteiger partial charge in [-0.25, -0.2) is 8.78 Å². The van der Waals surface area contributed by atoms with Crippen molar-refractivity contribution in [2.75, 3.05) is 6.61 Å². The predicted octanol–water partition coefficient (Wildman–Crippen LogP) is 2.13. The van der Waals surface area contributed by atoms with Crippen molar-refractivity contribution in [3.8, 4) is 5.75 Å². The van der Waals surface area contributed by atoms with Crippen molar-refractivity contribution in [3.05, 3.63) is 63.1 Å². The fourth-order valence-corrected chi connectivity index (χ4v) is 5.11. The van der Waals surface area contributed by atoms with E-state index in [9.17, 15) is 28.3 Å². The number of hydrogen-bond donors (Lipinski definition) is 2. The van der Waals surface area contributed by atoms with Crippen LogP contribution < -0.4 is 10.7 Å². The van der Waals surface area contributed by atoms with E-state index in [1.807, 2.05) is 0 Å². The van der Waals surface area contributed by atoms with Crippen LogP contribution in [-0.4, -0.2) is 45.3 Å². The summed E-state index contributed by atoms with van der Waals surface area (Å²) in [7, 11) is 0. The number of rotatable bonds is 3. The van der Waals surface area contributed by atoms with E-state index in [4.69, 9.17) is 4.74 Å². The summed E-state index contributed by atoms with van der Waals surface area (Å²) < 4.78 is 34.2. The minimum absolute atomic E-state index is 0.00170. The summed E-state index contributed by atoms with van der Waals surface area (Å²) in [6.07, 6.45) is 4.58. The van der Waals surface area contributed by atoms with Gasteiger partial charge in [-0.1, -0.05) is 18.9 Å². The third-order valence-corrected chi connectivity index (χ3v) is 6.78. The molecule has 1 saturated heterocycles. The van der Waals surface area contributed by atoms with Crippen LogP contribution in [-0.2, 0) is 17.8 Å². The lowest BCUT2D eigenvalue weighted by molar-refractivity contribution is -0.149. The van der Waals surface area contributed by atoms with E-state index in [1.165, 1.54) is 16.8 Å². The highest BCUT2D eigenvalue weighted by atomic mass is 19.1. The largest absolute Gasteiger partial charge is 0.503 e. The molecule has 2 aliphatic heterocycles. The number of aromatic nitrogens is 1. The predicted molar refractivity (Wildman–Crippen MR) is 112 cm³/mol. The number of amides is 2. The summed E-state index contributed by atoms with van der Waals surface area (Å²) in [4.78, 5) is 40.3. The Balaban J connectivity index is 1.42. The van der Waals surface area contributed by atoms with Crippen LogP contribution in [0.1, 0.15) is 52.1 Å². The van der Waals surface area contributed by atoms with Gasteiger partial charge in [-0.15, -0.1) is 0 Å². The molecule has 2 aromatic rings. The first-order valence-electron chi connectivity index (χ1n) is 11.0. The normalized spacial score (nSPS) is 24.0. The van der Waals surface area contributed by atoms with Gasteiger partial charge < -0.3 is 24.6 Å². The van der Waals surface area contributed by atoms with Crippen molar-refractivity contribution < 1.29 is 28.2 Å². The van der Waals surface area contributed by atoms with Crippen molar-refractivity contribution >= 4 is 11.8 Å². The Morgan fingerprint density at radius 3 is 2.79 bits per heavy atom. The molecule has 5 rings (SSSR count). The molecule has 1 aromatic carbocycles. The van der Waals surface area contributed by atoms with Gasteiger partial charge in [-0.3, -0.25) is 14.4 Å². The van der Waals surface area contributed by atoms with Crippen molar-refractivity contribution in [1.82, 2.24) is 14.8 Å². The fraction of sp³-hybridized carbons (Fsp3) is 0.435. The zero-order valence-corrected chi connectivity index (χ0v) is 17.7. The second kappa shape index (κ2) is 8.26. The molecular weight excluding hydrogens is 436 g/mol. The molecule has 174 valence electrons. The Kier molecular flexibility index (Phi) is 5.40. The fourth-order valence-electron chi connectivity index (χ4n) is 5.11. The van der Waals surface area contributed by atoms with E-state index in [1.54, 1.807) is 4.90 Å². The maximum absolute atomic E-state index is 13.8. The Bertz CT molecular complexity index is 1200. The van der Waals surface area contributed by atoms with Gasteiger partial charge in [0, 0.05) is 36.3 Å². The minimum Gasteiger partial charge on any atom is -0.503 e. The Hall–Kier alpha value is -3.27. The second-order valence-electron chi connectivity index (χ2n) is 8.75. The van der Waals surface area contributed by atoms with E-state index >= 15 is 0 Å². The van der Waals surface area contributed by atoms with Gasteiger partial charge in [0.2, 0.25) is 5.43 Å². The number of nitrogens with zero attached hydrogens (tertiary/aromatic N) is 2.